The molecule has 0 amide bonds. The average molecular weight is 411 g/mol. The second kappa shape index (κ2) is 8.02. The van der Waals surface area contributed by atoms with Crippen LogP contribution >= 0.6 is 0 Å². The molecule has 0 bridgehead atoms. The van der Waals surface area contributed by atoms with Gasteiger partial charge in [0.05, 0.1) is 18.8 Å². The molecule has 0 aliphatic carbocycles. The first kappa shape index (κ1) is 20.3. The van der Waals surface area contributed by atoms with Crippen LogP contribution in [0.25, 0.3) is 0 Å². The molecule has 8 heteroatoms. The Balaban J connectivity index is 1.67. The molecule has 2 aliphatic heterocycles. The number of hydrogen-bond donors (Lipinski definition) is 1. The molecule has 1 N–H and O–H groups in total. The van der Waals surface area contributed by atoms with Crippen molar-refractivity contribution >= 4 is 0 Å². The lowest BCUT2D eigenvalue weighted by Crippen LogP contribution is -2.45. The number of hydrogen-bond acceptors (Lipinski definition) is 4. The molecule has 29 heavy (non-hydrogen) atoms. The van der Waals surface area contributed by atoms with Gasteiger partial charge in [-0.1, -0.05) is 48.5 Å². The highest BCUT2D eigenvalue weighted by molar-refractivity contribution is 5.30. The first-order chi connectivity index (χ1) is 13.9. The largest absolute Gasteiger partial charge is 0.396 e. The highest BCUT2D eigenvalue weighted by Gasteiger charge is 2.56. The van der Waals surface area contributed by atoms with E-state index in [1.807, 2.05) is 4.90 Å². The maximum Gasteiger partial charge on any atom is 0.263 e. The van der Waals surface area contributed by atoms with E-state index in [2.05, 4.69) is 0 Å². The van der Waals surface area contributed by atoms with Gasteiger partial charge in [-0.2, -0.15) is 0 Å². The molecule has 0 radical (unpaired) electrons. The third kappa shape index (κ3) is 3.66. The maximum absolute atomic E-state index is 12.9. The molecule has 0 saturated carbocycles. The van der Waals surface area contributed by atoms with Crippen LogP contribution in [0.1, 0.15) is 54.0 Å². The summed E-state index contributed by atoms with van der Waals surface area (Å²) in [5.41, 5.74) is 0.644. The lowest BCUT2D eigenvalue weighted by molar-refractivity contribution is -0.0623. The number of halogens is 4. The fourth-order valence-corrected chi connectivity index (χ4v) is 4.05. The number of fused-ring (bicyclic) bond motifs is 1. The smallest absolute Gasteiger partial charge is 0.263 e. The van der Waals surface area contributed by atoms with Crippen LogP contribution in [0.2, 0.25) is 0 Å². The molecule has 2 aromatic carbocycles. The van der Waals surface area contributed by atoms with Gasteiger partial charge in [-0.25, -0.2) is 22.5 Å². The molecule has 2 saturated heterocycles. The molecule has 2 fully saturated rings. The monoisotopic (exact) mass is 411 g/mol. The standard InChI is InChI=1S/C21H21F4NO3/c22-17(23)13-1-5-15(6-2-13)19-26-20(16-7-3-14(4-8-16)18(24)25)29-12-21(26,9-10-27)11-28-19/h1-8,17-20,27H,9-12H2/t19-,20+,21?. The van der Waals surface area contributed by atoms with Crippen LogP contribution in [0.5, 0.6) is 0 Å². The Bertz CT molecular complexity index is 765. The number of benzene rings is 2. The Hall–Kier alpha value is -2.00. The zero-order valence-electron chi connectivity index (χ0n) is 15.5. The van der Waals surface area contributed by atoms with E-state index in [9.17, 15) is 22.7 Å². The van der Waals surface area contributed by atoms with Gasteiger partial charge in [0.25, 0.3) is 12.9 Å². The Morgan fingerprint density at radius 3 is 1.59 bits per heavy atom. The first-order valence-corrected chi connectivity index (χ1v) is 9.34. The number of rotatable bonds is 6. The summed E-state index contributed by atoms with van der Waals surface area (Å²) in [4.78, 5) is 1.97. The van der Waals surface area contributed by atoms with Crippen molar-refractivity contribution in [2.45, 2.75) is 37.3 Å². The van der Waals surface area contributed by atoms with Crippen LogP contribution in [0.15, 0.2) is 48.5 Å². The lowest BCUT2D eigenvalue weighted by Gasteiger charge is -2.34. The van der Waals surface area contributed by atoms with E-state index in [-0.39, 0.29) is 17.7 Å². The summed E-state index contributed by atoms with van der Waals surface area (Å²) in [5.74, 6) is 0. The summed E-state index contributed by atoms with van der Waals surface area (Å²) in [6.07, 6.45) is -5.83. The van der Waals surface area contributed by atoms with Crippen LogP contribution in [-0.4, -0.2) is 35.4 Å². The summed E-state index contributed by atoms with van der Waals surface area (Å²) >= 11 is 0. The zero-order valence-corrected chi connectivity index (χ0v) is 15.5. The Labute approximate surface area is 165 Å². The maximum atomic E-state index is 12.9. The third-order valence-electron chi connectivity index (χ3n) is 5.60. The molecule has 4 rings (SSSR count). The average Bonchev–Trinajstić information content (AvgIpc) is 3.25. The highest BCUT2D eigenvalue weighted by Crippen LogP contribution is 2.50. The van der Waals surface area contributed by atoms with E-state index in [0.29, 0.717) is 30.8 Å². The number of nitrogens with zero attached hydrogens (tertiary/aromatic N) is 1. The van der Waals surface area contributed by atoms with Gasteiger partial charge in [0, 0.05) is 17.7 Å². The Kier molecular flexibility index (Phi) is 5.61. The van der Waals surface area contributed by atoms with Crippen molar-refractivity contribution in [3.05, 3.63) is 70.8 Å². The van der Waals surface area contributed by atoms with E-state index in [1.165, 1.54) is 24.3 Å². The predicted octanol–water partition coefficient (Wildman–Crippen LogP) is 4.74. The van der Waals surface area contributed by atoms with Gasteiger partial charge in [-0.3, -0.25) is 0 Å². The second-order valence-corrected chi connectivity index (χ2v) is 7.37. The SMILES string of the molecule is OCCC12CO[C@H](c3ccc(C(F)F)cc3)N1[C@H](c1ccc(C(F)F)cc1)OC2. The van der Waals surface area contributed by atoms with Gasteiger partial charge >= 0.3 is 0 Å². The Morgan fingerprint density at radius 2 is 1.24 bits per heavy atom. The molecule has 0 aromatic heterocycles. The lowest BCUT2D eigenvalue weighted by atomic mass is 9.96. The van der Waals surface area contributed by atoms with Crippen molar-refractivity contribution in [2.75, 3.05) is 19.8 Å². The van der Waals surface area contributed by atoms with Crippen molar-refractivity contribution in [1.29, 1.82) is 0 Å². The van der Waals surface area contributed by atoms with E-state index < -0.39 is 30.8 Å². The molecular formula is C21H21F4NO3. The first-order valence-electron chi connectivity index (χ1n) is 9.34. The summed E-state index contributed by atoms with van der Waals surface area (Å²) in [6, 6.07) is 11.8. The minimum atomic E-state index is -2.56. The van der Waals surface area contributed by atoms with Gasteiger partial charge in [-0.15, -0.1) is 0 Å². The predicted molar refractivity (Wildman–Crippen MR) is 96.5 cm³/mol. The summed E-state index contributed by atoms with van der Waals surface area (Å²) in [6.45, 7) is 0.540. The van der Waals surface area contributed by atoms with Crippen molar-refractivity contribution in [3.63, 3.8) is 0 Å². The highest BCUT2D eigenvalue weighted by atomic mass is 19.3. The fraction of sp³-hybridized carbons (Fsp3) is 0.429. The summed E-state index contributed by atoms with van der Waals surface area (Å²) in [7, 11) is 0. The van der Waals surface area contributed by atoms with Gasteiger partial charge in [0.2, 0.25) is 0 Å². The second-order valence-electron chi connectivity index (χ2n) is 7.37. The minimum absolute atomic E-state index is 0.0721. The molecule has 0 spiro atoms. The molecule has 2 aromatic rings. The molecular weight excluding hydrogens is 390 g/mol. The van der Waals surface area contributed by atoms with Gasteiger partial charge < -0.3 is 14.6 Å². The molecule has 1 unspecified atom stereocenters. The topological polar surface area (TPSA) is 41.9 Å². The van der Waals surface area contributed by atoms with Crippen LogP contribution in [0.4, 0.5) is 17.6 Å². The van der Waals surface area contributed by atoms with Crippen molar-refractivity contribution < 1.29 is 32.1 Å². The van der Waals surface area contributed by atoms with E-state index >= 15 is 0 Å². The van der Waals surface area contributed by atoms with Crippen molar-refractivity contribution in [1.82, 2.24) is 4.90 Å². The summed E-state index contributed by atoms with van der Waals surface area (Å²) in [5, 5.41) is 9.57. The van der Waals surface area contributed by atoms with Crippen LogP contribution in [0.3, 0.4) is 0 Å². The fourth-order valence-electron chi connectivity index (χ4n) is 4.05. The third-order valence-corrected chi connectivity index (χ3v) is 5.60. The van der Waals surface area contributed by atoms with E-state index in [4.69, 9.17) is 9.47 Å². The zero-order chi connectivity index (χ0) is 20.6. The molecule has 3 atom stereocenters. The van der Waals surface area contributed by atoms with Crippen LogP contribution in [0, 0.1) is 0 Å². The van der Waals surface area contributed by atoms with Crippen molar-refractivity contribution in [3.8, 4) is 0 Å². The molecule has 4 nitrogen and oxygen atoms in total. The van der Waals surface area contributed by atoms with Crippen LogP contribution in [-0.2, 0) is 9.47 Å². The van der Waals surface area contributed by atoms with E-state index in [0.717, 1.165) is 0 Å². The molecule has 156 valence electrons. The number of ether oxygens (including phenoxy) is 2. The molecule has 2 aliphatic rings. The van der Waals surface area contributed by atoms with Gasteiger partial charge in [0.1, 0.15) is 12.5 Å². The quantitative estimate of drug-likeness (QED) is 0.697. The van der Waals surface area contributed by atoms with Crippen LogP contribution < -0.4 is 0 Å². The Morgan fingerprint density at radius 1 is 0.828 bits per heavy atom. The van der Waals surface area contributed by atoms with Crippen molar-refractivity contribution in [2.24, 2.45) is 0 Å². The number of aliphatic hydroxyl groups is 1. The van der Waals surface area contributed by atoms with E-state index in [1.54, 1.807) is 24.3 Å². The number of aliphatic hydroxyl groups excluding tert-OH is 1. The summed E-state index contributed by atoms with van der Waals surface area (Å²) < 4.78 is 63.5. The van der Waals surface area contributed by atoms with Gasteiger partial charge in [0.15, 0.2) is 0 Å². The molecule has 2 heterocycles. The van der Waals surface area contributed by atoms with Gasteiger partial charge in [-0.05, 0) is 17.5 Å². The normalized spacial score (nSPS) is 27.1. The number of alkyl halides is 4. The minimum Gasteiger partial charge on any atom is -0.396 e.